The molecule has 0 saturated carbocycles. The standard InChI is InChI=1S/C21H28N4O7S/c1-2-11-33(31,32)24-18-8-10-25(14-19(24)26,13-17(18)23-30)12-15-3-5-16(6-4-15)21(29)22-9-7-20(27)28/h3-6,18H,2,7-14H2,1H3,(H2-,22,27,28,29,30)/p+1/b23-17-. The number of amides is 2. The highest BCUT2D eigenvalue weighted by atomic mass is 32.2. The van der Waals surface area contributed by atoms with Crippen LogP contribution in [0.15, 0.2) is 29.4 Å². The Morgan fingerprint density at radius 2 is 1.94 bits per heavy atom. The van der Waals surface area contributed by atoms with Crippen LogP contribution in [0.5, 0.6) is 0 Å². The van der Waals surface area contributed by atoms with Crippen LogP contribution in [0.3, 0.4) is 0 Å². The van der Waals surface area contributed by atoms with Crippen LogP contribution in [0.4, 0.5) is 0 Å². The van der Waals surface area contributed by atoms with E-state index >= 15 is 0 Å². The number of carboxylic acid groups (broad SMARTS) is 1. The lowest BCUT2D eigenvalue weighted by Crippen LogP contribution is -2.56. The first kappa shape index (κ1) is 24.6. The number of piperidine rings is 1. The summed E-state index contributed by atoms with van der Waals surface area (Å²) >= 11 is 0. The smallest absolute Gasteiger partial charge is 0.305 e. The number of benzene rings is 1. The Morgan fingerprint density at radius 1 is 1.24 bits per heavy atom. The highest BCUT2D eigenvalue weighted by Crippen LogP contribution is 2.31. The Labute approximate surface area is 192 Å². The SMILES string of the molecule is CCCS(=O)(=O)N1C(=O)C[N+]2(Cc3ccc(C(=O)NCCC(=O)O)cc3)CCC1/C(=N\O)C2. The zero-order valence-corrected chi connectivity index (χ0v) is 19.3. The minimum atomic E-state index is -3.81. The Hall–Kier alpha value is -2.99. The lowest BCUT2D eigenvalue weighted by atomic mass is 10.00. The molecule has 1 aromatic carbocycles. The van der Waals surface area contributed by atoms with E-state index in [0.29, 0.717) is 31.5 Å². The molecule has 3 aliphatic rings. The van der Waals surface area contributed by atoms with Gasteiger partial charge in [-0.05, 0) is 18.6 Å². The Balaban J connectivity index is 1.78. The number of carbonyl (C=O) groups excluding carboxylic acids is 2. The first-order valence-electron chi connectivity index (χ1n) is 10.8. The predicted octanol–water partition coefficient (Wildman–Crippen LogP) is 0.392. The molecule has 0 radical (unpaired) electrons. The fourth-order valence-electron chi connectivity index (χ4n) is 4.54. The van der Waals surface area contributed by atoms with E-state index in [-0.39, 0.29) is 47.9 Å². The van der Waals surface area contributed by atoms with E-state index < -0.39 is 27.9 Å². The molecule has 3 heterocycles. The fourth-order valence-corrected chi connectivity index (χ4v) is 6.23. The number of rotatable bonds is 9. The van der Waals surface area contributed by atoms with Crippen molar-refractivity contribution >= 4 is 33.5 Å². The number of carbonyl (C=O) groups is 3. The predicted molar refractivity (Wildman–Crippen MR) is 118 cm³/mol. The lowest BCUT2D eigenvalue weighted by Gasteiger charge is -2.40. The number of oxime groups is 1. The quantitative estimate of drug-likeness (QED) is 0.262. The van der Waals surface area contributed by atoms with Crippen molar-refractivity contribution in [2.45, 2.75) is 38.8 Å². The van der Waals surface area contributed by atoms with Crippen molar-refractivity contribution < 1.29 is 37.6 Å². The third-order valence-electron chi connectivity index (χ3n) is 6.01. The summed E-state index contributed by atoms with van der Waals surface area (Å²) in [5.74, 6) is -2.03. The van der Waals surface area contributed by atoms with Crippen LogP contribution < -0.4 is 5.32 Å². The summed E-state index contributed by atoms with van der Waals surface area (Å²) in [6.07, 6.45) is 0.581. The molecule has 2 atom stereocenters. The Kier molecular flexibility index (Phi) is 7.38. The second kappa shape index (κ2) is 9.87. The van der Waals surface area contributed by atoms with Gasteiger partial charge in [-0.3, -0.25) is 14.4 Å². The maximum atomic E-state index is 13.0. The molecule has 0 spiro atoms. The average Bonchev–Trinajstić information content (AvgIpc) is 2.96. The topological polar surface area (TPSA) is 153 Å². The Bertz CT molecular complexity index is 1050. The van der Waals surface area contributed by atoms with Gasteiger partial charge in [-0.1, -0.05) is 24.2 Å². The molecule has 2 bridgehead atoms. The summed E-state index contributed by atoms with van der Waals surface area (Å²) in [6.45, 7) is 2.93. The number of hydrogen-bond acceptors (Lipinski definition) is 7. The van der Waals surface area contributed by atoms with Gasteiger partial charge in [0.2, 0.25) is 10.0 Å². The zero-order chi connectivity index (χ0) is 24.2. The summed E-state index contributed by atoms with van der Waals surface area (Å²) in [7, 11) is -3.81. The van der Waals surface area contributed by atoms with Gasteiger partial charge in [0.15, 0.2) is 6.54 Å². The van der Waals surface area contributed by atoms with Crippen LogP contribution >= 0.6 is 0 Å². The van der Waals surface area contributed by atoms with Crippen molar-refractivity contribution in [2.24, 2.45) is 5.16 Å². The number of quaternary nitrogens is 1. The van der Waals surface area contributed by atoms with Crippen LogP contribution in [-0.4, -0.2) is 89.0 Å². The molecule has 33 heavy (non-hydrogen) atoms. The van der Waals surface area contributed by atoms with E-state index in [0.717, 1.165) is 9.87 Å². The zero-order valence-electron chi connectivity index (χ0n) is 18.4. The van der Waals surface area contributed by atoms with E-state index in [1.807, 2.05) is 0 Å². The molecule has 180 valence electrons. The Morgan fingerprint density at radius 3 is 2.55 bits per heavy atom. The van der Waals surface area contributed by atoms with Gasteiger partial charge in [0, 0.05) is 24.1 Å². The van der Waals surface area contributed by atoms with Crippen LogP contribution in [0.1, 0.15) is 42.1 Å². The van der Waals surface area contributed by atoms with Gasteiger partial charge in [-0.2, -0.15) is 0 Å². The lowest BCUT2D eigenvalue weighted by molar-refractivity contribution is -0.926. The molecule has 12 heteroatoms. The van der Waals surface area contributed by atoms with Gasteiger partial charge in [-0.15, -0.1) is 0 Å². The minimum Gasteiger partial charge on any atom is -0.481 e. The van der Waals surface area contributed by atoms with E-state index in [9.17, 15) is 28.0 Å². The monoisotopic (exact) mass is 481 g/mol. The molecule has 0 aromatic heterocycles. The maximum absolute atomic E-state index is 13.0. The number of fused-ring (bicyclic) bond motifs is 4. The molecular weight excluding hydrogens is 452 g/mol. The van der Waals surface area contributed by atoms with Crippen molar-refractivity contribution in [3.8, 4) is 0 Å². The summed E-state index contributed by atoms with van der Waals surface area (Å²) in [5.41, 5.74) is 1.50. The molecule has 11 nitrogen and oxygen atoms in total. The van der Waals surface area contributed by atoms with Gasteiger partial charge in [0.1, 0.15) is 24.8 Å². The number of nitrogens with one attached hydrogen (secondary N) is 1. The molecule has 1 aromatic rings. The highest BCUT2D eigenvalue weighted by Gasteiger charge is 2.51. The van der Waals surface area contributed by atoms with Crippen molar-refractivity contribution in [2.75, 3.05) is 31.9 Å². The second-order valence-electron chi connectivity index (χ2n) is 8.54. The van der Waals surface area contributed by atoms with Crippen molar-refractivity contribution in [1.82, 2.24) is 9.62 Å². The van der Waals surface area contributed by atoms with Gasteiger partial charge in [0.05, 0.1) is 18.7 Å². The molecule has 2 amide bonds. The summed E-state index contributed by atoms with van der Waals surface area (Å²) in [4.78, 5) is 35.8. The minimum absolute atomic E-state index is 0.0277. The van der Waals surface area contributed by atoms with Crippen molar-refractivity contribution in [1.29, 1.82) is 0 Å². The first-order valence-corrected chi connectivity index (χ1v) is 12.4. The van der Waals surface area contributed by atoms with Crippen molar-refractivity contribution in [3.05, 3.63) is 35.4 Å². The number of carboxylic acids is 1. The maximum Gasteiger partial charge on any atom is 0.305 e. The third-order valence-corrected chi connectivity index (χ3v) is 7.99. The van der Waals surface area contributed by atoms with E-state index in [1.54, 1.807) is 31.2 Å². The van der Waals surface area contributed by atoms with Crippen LogP contribution in [0.25, 0.3) is 0 Å². The van der Waals surface area contributed by atoms with Gasteiger partial charge in [-0.25, -0.2) is 12.7 Å². The summed E-state index contributed by atoms with van der Waals surface area (Å²) in [5, 5.41) is 24.2. The highest BCUT2D eigenvalue weighted by molar-refractivity contribution is 7.89. The van der Waals surface area contributed by atoms with Gasteiger partial charge >= 0.3 is 5.97 Å². The largest absolute Gasteiger partial charge is 0.481 e. The first-order chi connectivity index (χ1) is 15.6. The number of hydrogen-bond donors (Lipinski definition) is 3. The molecule has 3 fully saturated rings. The normalized spacial score (nSPS) is 24.0. The number of nitrogens with zero attached hydrogens (tertiary/aromatic N) is 3. The van der Waals surface area contributed by atoms with E-state index in [2.05, 4.69) is 10.5 Å². The second-order valence-corrected chi connectivity index (χ2v) is 10.5. The number of sulfonamides is 1. The van der Waals surface area contributed by atoms with Gasteiger partial charge < -0.3 is 20.1 Å². The summed E-state index contributed by atoms with van der Waals surface area (Å²) < 4.78 is 26.7. The molecule has 0 aliphatic carbocycles. The van der Waals surface area contributed by atoms with E-state index in [4.69, 9.17) is 5.11 Å². The van der Waals surface area contributed by atoms with Crippen molar-refractivity contribution in [3.63, 3.8) is 0 Å². The van der Waals surface area contributed by atoms with Crippen LogP contribution in [0.2, 0.25) is 0 Å². The summed E-state index contributed by atoms with van der Waals surface area (Å²) in [6, 6.07) is 5.98. The average molecular weight is 482 g/mol. The molecule has 3 N–H and O–H groups in total. The number of aliphatic carboxylic acids is 1. The van der Waals surface area contributed by atoms with E-state index in [1.165, 1.54) is 0 Å². The molecule has 3 aliphatic heterocycles. The molecule has 4 rings (SSSR count). The fraction of sp³-hybridized carbons (Fsp3) is 0.524. The molecule has 3 saturated heterocycles. The molecular formula is C21H29N4O7S+. The van der Waals surface area contributed by atoms with Crippen LogP contribution in [-0.2, 0) is 26.2 Å². The van der Waals surface area contributed by atoms with Crippen LogP contribution in [0, 0.1) is 0 Å². The third kappa shape index (κ3) is 5.50. The van der Waals surface area contributed by atoms with Gasteiger partial charge in [0.25, 0.3) is 11.8 Å². The molecule has 2 unspecified atom stereocenters.